The number of H-pyrrole nitrogens is 1. The van der Waals surface area contributed by atoms with Gasteiger partial charge in [0.25, 0.3) is 5.91 Å². The van der Waals surface area contributed by atoms with E-state index in [1.54, 1.807) is 11.8 Å². The first kappa shape index (κ1) is 18.4. The smallest absolute Gasteiger partial charge is 0.259 e. The van der Waals surface area contributed by atoms with Crippen LogP contribution in [0, 0.1) is 6.92 Å². The number of nitrogens with zero attached hydrogens (tertiary/aromatic N) is 2. The molecule has 2 unspecified atom stereocenters. The zero-order valence-corrected chi connectivity index (χ0v) is 16.7. The second kappa shape index (κ2) is 7.94. The number of carbonyl (C=O) groups is 1. The van der Waals surface area contributed by atoms with Gasteiger partial charge in [0.1, 0.15) is 5.65 Å². The fraction of sp³-hybridized carbons (Fsp3) is 0.500. The molecule has 1 saturated heterocycles. The zero-order chi connectivity index (χ0) is 18.8. The number of thioether (sulfide) groups is 1. The Morgan fingerprint density at radius 2 is 2.33 bits per heavy atom. The minimum Gasteiger partial charge on any atom is -0.348 e. The lowest BCUT2D eigenvalue weighted by Crippen LogP contribution is -2.50. The summed E-state index contributed by atoms with van der Waals surface area (Å²) in [6, 6.07) is 2.53. The van der Waals surface area contributed by atoms with Crippen molar-refractivity contribution in [1.82, 2.24) is 20.6 Å². The van der Waals surface area contributed by atoms with Crippen LogP contribution in [0.1, 0.15) is 31.7 Å². The van der Waals surface area contributed by atoms with Crippen molar-refractivity contribution < 1.29 is 4.79 Å². The second-order valence-electron chi connectivity index (χ2n) is 7.38. The van der Waals surface area contributed by atoms with Gasteiger partial charge in [-0.3, -0.25) is 4.79 Å². The summed E-state index contributed by atoms with van der Waals surface area (Å²) in [6.45, 7) is 6.11. The van der Waals surface area contributed by atoms with E-state index in [1.807, 2.05) is 24.7 Å². The second-order valence-corrected chi connectivity index (χ2v) is 8.52. The third-order valence-electron chi connectivity index (χ3n) is 5.46. The molecule has 2 aliphatic rings. The van der Waals surface area contributed by atoms with Crippen LogP contribution in [0.5, 0.6) is 0 Å². The van der Waals surface area contributed by atoms with Gasteiger partial charge in [0, 0.05) is 48.4 Å². The standard InChI is InChI=1S/C20H27N5OS/c1-13-11-23-19-18(13)16(6-8-22-19)25-9-10-27-17(12-25)20(26)24-14(2)15-5-3-4-7-21-15/h6,8,11-12,14-15,21H,3-5,7,9-10H2,1-2H3,(H,22,23)(H,24,26). The Bertz CT molecular complexity index is 855. The van der Waals surface area contributed by atoms with E-state index in [-0.39, 0.29) is 11.9 Å². The lowest BCUT2D eigenvalue weighted by atomic mass is 9.99. The maximum absolute atomic E-state index is 12.8. The Morgan fingerprint density at radius 1 is 1.44 bits per heavy atom. The first-order valence-corrected chi connectivity index (χ1v) is 10.7. The number of aromatic amines is 1. The first-order valence-electron chi connectivity index (χ1n) is 9.71. The number of rotatable bonds is 4. The van der Waals surface area contributed by atoms with Crippen LogP contribution in [0.15, 0.2) is 29.6 Å². The van der Waals surface area contributed by atoms with E-state index in [0.29, 0.717) is 6.04 Å². The molecule has 2 aromatic heterocycles. The first-order chi connectivity index (χ1) is 13.1. The molecule has 2 aromatic rings. The van der Waals surface area contributed by atoms with Gasteiger partial charge in [0.05, 0.1) is 10.6 Å². The number of aromatic nitrogens is 2. The highest BCUT2D eigenvalue weighted by atomic mass is 32.2. The molecule has 0 bridgehead atoms. The van der Waals surface area contributed by atoms with Crippen molar-refractivity contribution >= 4 is 34.4 Å². The number of fused-ring (bicyclic) bond motifs is 1. The Hall–Kier alpha value is -1.99. The number of aryl methyl sites for hydroxylation is 1. The maximum Gasteiger partial charge on any atom is 0.259 e. The van der Waals surface area contributed by atoms with Gasteiger partial charge in [-0.25, -0.2) is 4.98 Å². The van der Waals surface area contributed by atoms with Gasteiger partial charge in [-0.15, -0.1) is 11.8 Å². The molecule has 0 aliphatic carbocycles. The summed E-state index contributed by atoms with van der Waals surface area (Å²) in [5.41, 5.74) is 3.16. The predicted molar refractivity (Wildman–Crippen MR) is 112 cm³/mol. The SMILES string of the molecule is Cc1c[nH]c2nccc(N3C=C(C(=O)NC(C)C4CCCCN4)SCC3)c12. The van der Waals surface area contributed by atoms with Gasteiger partial charge in [-0.2, -0.15) is 0 Å². The summed E-state index contributed by atoms with van der Waals surface area (Å²) in [5, 5.41) is 7.85. The van der Waals surface area contributed by atoms with E-state index in [1.165, 1.54) is 18.4 Å². The van der Waals surface area contributed by atoms with Crippen LogP contribution in [0.3, 0.4) is 0 Å². The van der Waals surface area contributed by atoms with Crippen LogP contribution in [-0.2, 0) is 4.79 Å². The number of hydrogen-bond donors (Lipinski definition) is 3. The van der Waals surface area contributed by atoms with Crippen molar-refractivity contribution in [2.75, 3.05) is 23.7 Å². The van der Waals surface area contributed by atoms with Gasteiger partial charge in [-0.1, -0.05) is 6.42 Å². The number of pyridine rings is 1. The molecular weight excluding hydrogens is 358 g/mol. The lowest BCUT2D eigenvalue weighted by Gasteiger charge is -2.31. The normalized spacial score (nSPS) is 21.8. The fourth-order valence-electron chi connectivity index (χ4n) is 3.93. The van der Waals surface area contributed by atoms with Crippen molar-refractivity contribution in [3.8, 4) is 0 Å². The van der Waals surface area contributed by atoms with Crippen molar-refractivity contribution in [1.29, 1.82) is 0 Å². The molecule has 0 spiro atoms. The van der Waals surface area contributed by atoms with Crippen LogP contribution in [0.25, 0.3) is 11.0 Å². The van der Waals surface area contributed by atoms with E-state index < -0.39 is 0 Å². The summed E-state index contributed by atoms with van der Waals surface area (Å²) < 4.78 is 0. The molecule has 1 fully saturated rings. The number of anilines is 1. The van der Waals surface area contributed by atoms with Crippen LogP contribution >= 0.6 is 11.8 Å². The molecule has 7 heteroatoms. The topological polar surface area (TPSA) is 73.0 Å². The highest BCUT2D eigenvalue weighted by molar-refractivity contribution is 8.04. The molecular formula is C20H27N5OS. The van der Waals surface area contributed by atoms with Crippen molar-refractivity contribution in [2.45, 2.75) is 45.2 Å². The molecule has 144 valence electrons. The van der Waals surface area contributed by atoms with Crippen LogP contribution in [-0.4, -0.2) is 46.8 Å². The van der Waals surface area contributed by atoms with E-state index in [9.17, 15) is 4.79 Å². The largest absolute Gasteiger partial charge is 0.348 e. The highest BCUT2D eigenvalue weighted by Crippen LogP contribution is 2.32. The highest BCUT2D eigenvalue weighted by Gasteiger charge is 2.25. The average molecular weight is 386 g/mol. The van der Waals surface area contributed by atoms with Crippen molar-refractivity contribution in [2.24, 2.45) is 0 Å². The Balaban J connectivity index is 1.52. The van der Waals surface area contributed by atoms with Crippen LogP contribution in [0.2, 0.25) is 0 Å². The Morgan fingerprint density at radius 3 is 3.15 bits per heavy atom. The van der Waals surface area contributed by atoms with Crippen LogP contribution in [0.4, 0.5) is 5.69 Å². The van der Waals surface area contributed by atoms with E-state index in [0.717, 1.165) is 46.9 Å². The van der Waals surface area contributed by atoms with Gasteiger partial charge < -0.3 is 20.5 Å². The Labute approximate surface area is 164 Å². The fourth-order valence-corrected chi connectivity index (χ4v) is 4.83. The number of nitrogens with one attached hydrogen (secondary N) is 3. The van der Waals surface area contributed by atoms with E-state index in [4.69, 9.17) is 0 Å². The summed E-state index contributed by atoms with van der Waals surface area (Å²) >= 11 is 1.63. The van der Waals surface area contributed by atoms with Gasteiger partial charge in [0.15, 0.2) is 0 Å². The lowest BCUT2D eigenvalue weighted by molar-refractivity contribution is -0.117. The molecule has 0 aromatic carbocycles. The molecule has 2 aliphatic heterocycles. The van der Waals surface area contributed by atoms with Crippen molar-refractivity contribution in [3.05, 3.63) is 35.1 Å². The zero-order valence-electron chi connectivity index (χ0n) is 15.9. The summed E-state index contributed by atoms with van der Waals surface area (Å²) in [6.07, 6.45) is 9.38. The number of hydrogen-bond acceptors (Lipinski definition) is 5. The molecule has 1 amide bonds. The van der Waals surface area contributed by atoms with Gasteiger partial charge in [0.2, 0.25) is 0 Å². The van der Waals surface area contributed by atoms with E-state index >= 15 is 0 Å². The monoisotopic (exact) mass is 385 g/mol. The summed E-state index contributed by atoms with van der Waals surface area (Å²) in [5.74, 6) is 0.920. The third-order valence-corrected chi connectivity index (χ3v) is 6.44. The van der Waals surface area contributed by atoms with Crippen molar-refractivity contribution in [3.63, 3.8) is 0 Å². The minimum atomic E-state index is 0.0284. The molecule has 6 nitrogen and oxygen atoms in total. The minimum absolute atomic E-state index is 0.0284. The predicted octanol–water partition coefficient (Wildman–Crippen LogP) is 2.91. The Kier molecular flexibility index (Phi) is 5.41. The molecule has 0 saturated carbocycles. The molecule has 0 radical (unpaired) electrons. The van der Waals surface area contributed by atoms with Crippen LogP contribution < -0.4 is 15.5 Å². The quantitative estimate of drug-likeness (QED) is 0.755. The van der Waals surface area contributed by atoms with Gasteiger partial charge >= 0.3 is 0 Å². The summed E-state index contributed by atoms with van der Waals surface area (Å²) in [7, 11) is 0. The number of piperidine rings is 1. The molecule has 4 rings (SSSR count). The molecule has 4 heterocycles. The molecule has 2 atom stereocenters. The third kappa shape index (κ3) is 3.84. The number of carbonyl (C=O) groups excluding carboxylic acids is 1. The number of amides is 1. The van der Waals surface area contributed by atoms with E-state index in [2.05, 4.69) is 39.3 Å². The maximum atomic E-state index is 12.8. The average Bonchev–Trinajstić information content (AvgIpc) is 3.10. The molecule has 3 N–H and O–H groups in total. The summed E-state index contributed by atoms with van der Waals surface area (Å²) in [4.78, 5) is 23.4. The van der Waals surface area contributed by atoms with Gasteiger partial charge in [-0.05, 0) is 44.9 Å². The molecule has 27 heavy (non-hydrogen) atoms.